The van der Waals surface area contributed by atoms with Gasteiger partial charge in [-0.15, -0.1) is 6.58 Å². The lowest BCUT2D eigenvalue weighted by molar-refractivity contribution is 1.55. The Morgan fingerprint density at radius 2 is 1.75 bits per heavy atom. The number of allylic oxidation sites excluding steroid dienone is 1. The Kier molecular flexibility index (Phi) is 2.97. The van der Waals surface area contributed by atoms with Crippen LogP contribution in [0.3, 0.4) is 0 Å². The van der Waals surface area contributed by atoms with Crippen LogP contribution in [0.4, 0.5) is 0 Å². The zero-order valence-electron chi connectivity index (χ0n) is 10.0. The summed E-state index contributed by atoms with van der Waals surface area (Å²) in [5, 5.41) is 4.32. The molecule has 2 aromatic rings. The molecule has 0 saturated heterocycles. The number of benzene rings is 2. The molecule has 0 aliphatic heterocycles. The van der Waals surface area contributed by atoms with Crippen molar-refractivity contribution < 1.29 is 0 Å². The molecule has 2 aromatic carbocycles. The van der Waals surface area contributed by atoms with Gasteiger partial charge in [0.05, 0.1) is 8.07 Å². The molecule has 2 rings (SSSR count). The molecule has 0 N–H and O–H groups in total. The van der Waals surface area contributed by atoms with Crippen LogP contribution in [-0.2, 0) is 0 Å². The topological polar surface area (TPSA) is 0 Å². The third-order valence-electron chi connectivity index (χ3n) is 3.17. The molecule has 0 amide bonds. The quantitative estimate of drug-likeness (QED) is 0.549. The van der Waals surface area contributed by atoms with Gasteiger partial charge in [0.1, 0.15) is 0 Å². The highest BCUT2D eigenvalue weighted by Crippen LogP contribution is 2.18. The first-order chi connectivity index (χ1) is 7.65. The highest BCUT2D eigenvalue weighted by molar-refractivity contribution is 6.91. The minimum absolute atomic E-state index is 1.14. The van der Waals surface area contributed by atoms with Crippen LogP contribution in [0.15, 0.2) is 55.1 Å². The Labute approximate surface area is 98.6 Å². The SMILES string of the molecule is C=CC[Si](C)(C)c1cccc2ccccc12. The second-order valence-electron chi connectivity index (χ2n) is 4.90. The molecule has 0 spiro atoms. The van der Waals surface area contributed by atoms with Crippen molar-refractivity contribution in [3.8, 4) is 0 Å². The van der Waals surface area contributed by atoms with Crippen LogP contribution in [0.5, 0.6) is 0 Å². The summed E-state index contributed by atoms with van der Waals surface area (Å²) in [5.74, 6) is 0. The Balaban J connectivity index is 2.64. The van der Waals surface area contributed by atoms with E-state index in [1.54, 1.807) is 5.19 Å². The average Bonchev–Trinajstić information content (AvgIpc) is 2.28. The molecule has 0 saturated carbocycles. The normalized spacial score (nSPS) is 11.6. The van der Waals surface area contributed by atoms with Crippen molar-refractivity contribution in [1.82, 2.24) is 0 Å². The molecular weight excluding hydrogens is 208 g/mol. The lowest BCUT2D eigenvalue weighted by Gasteiger charge is -2.23. The van der Waals surface area contributed by atoms with Crippen molar-refractivity contribution in [3.05, 3.63) is 55.1 Å². The van der Waals surface area contributed by atoms with E-state index >= 15 is 0 Å². The fourth-order valence-corrected chi connectivity index (χ4v) is 4.73. The first-order valence-corrected chi connectivity index (χ1v) is 8.95. The van der Waals surface area contributed by atoms with Gasteiger partial charge in [-0.2, -0.15) is 0 Å². The average molecular weight is 226 g/mol. The molecule has 0 atom stereocenters. The first-order valence-electron chi connectivity index (χ1n) is 5.74. The van der Waals surface area contributed by atoms with Crippen LogP contribution in [0.25, 0.3) is 10.8 Å². The van der Waals surface area contributed by atoms with Gasteiger partial charge in [0.25, 0.3) is 0 Å². The Hall–Kier alpha value is -1.34. The maximum Gasteiger partial charge on any atom is 0.0851 e. The molecule has 0 bridgehead atoms. The van der Waals surface area contributed by atoms with E-state index in [4.69, 9.17) is 0 Å². The van der Waals surface area contributed by atoms with Crippen LogP contribution in [0, 0.1) is 0 Å². The van der Waals surface area contributed by atoms with E-state index in [1.165, 1.54) is 10.8 Å². The van der Waals surface area contributed by atoms with Gasteiger partial charge in [0.15, 0.2) is 0 Å². The number of rotatable bonds is 3. The fraction of sp³-hybridized carbons (Fsp3) is 0.200. The minimum Gasteiger partial charge on any atom is -0.103 e. The highest BCUT2D eigenvalue weighted by atomic mass is 28.3. The highest BCUT2D eigenvalue weighted by Gasteiger charge is 2.23. The summed E-state index contributed by atoms with van der Waals surface area (Å²) < 4.78 is 0. The number of fused-ring (bicyclic) bond motifs is 1. The van der Waals surface area contributed by atoms with E-state index in [9.17, 15) is 0 Å². The monoisotopic (exact) mass is 226 g/mol. The van der Waals surface area contributed by atoms with E-state index in [2.05, 4.69) is 68.2 Å². The van der Waals surface area contributed by atoms with Crippen molar-refractivity contribution in [2.24, 2.45) is 0 Å². The van der Waals surface area contributed by atoms with Gasteiger partial charge < -0.3 is 0 Å². The summed E-state index contributed by atoms with van der Waals surface area (Å²) in [6.07, 6.45) is 2.06. The third kappa shape index (κ3) is 1.96. The second kappa shape index (κ2) is 4.26. The van der Waals surface area contributed by atoms with Crippen LogP contribution in [-0.4, -0.2) is 8.07 Å². The van der Waals surface area contributed by atoms with E-state index in [0.29, 0.717) is 0 Å². The Morgan fingerprint density at radius 1 is 1.06 bits per heavy atom. The molecular formula is C15H18Si. The summed E-state index contributed by atoms with van der Waals surface area (Å²) >= 11 is 0. The van der Waals surface area contributed by atoms with Crippen molar-refractivity contribution in [2.45, 2.75) is 19.1 Å². The maximum absolute atomic E-state index is 3.89. The molecule has 0 unspecified atom stereocenters. The fourth-order valence-electron chi connectivity index (χ4n) is 2.29. The predicted octanol–water partition coefficient (Wildman–Crippen LogP) is 3.94. The summed E-state index contributed by atoms with van der Waals surface area (Å²) in [7, 11) is -1.36. The Bertz CT molecular complexity index is 506. The van der Waals surface area contributed by atoms with Gasteiger partial charge in [0.2, 0.25) is 0 Å². The molecule has 0 fully saturated rings. The summed E-state index contributed by atoms with van der Waals surface area (Å²) in [6.45, 7) is 8.71. The molecule has 0 heterocycles. The third-order valence-corrected chi connectivity index (χ3v) is 6.38. The molecule has 0 aromatic heterocycles. The van der Waals surface area contributed by atoms with Gasteiger partial charge in [-0.05, 0) is 16.8 Å². The number of hydrogen-bond donors (Lipinski definition) is 0. The van der Waals surface area contributed by atoms with Crippen LogP contribution in [0.2, 0.25) is 19.1 Å². The zero-order chi connectivity index (χ0) is 11.6. The lowest BCUT2D eigenvalue weighted by Crippen LogP contribution is -2.40. The first kappa shape index (κ1) is 11.2. The Morgan fingerprint density at radius 3 is 2.50 bits per heavy atom. The van der Waals surface area contributed by atoms with Gasteiger partial charge >= 0.3 is 0 Å². The lowest BCUT2D eigenvalue weighted by atomic mass is 10.1. The van der Waals surface area contributed by atoms with Crippen molar-refractivity contribution in [3.63, 3.8) is 0 Å². The predicted molar refractivity (Wildman–Crippen MR) is 76.1 cm³/mol. The number of hydrogen-bond acceptors (Lipinski definition) is 0. The molecule has 0 radical (unpaired) electrons. The van der Waals surface area contributed by atoms with Gasteiger partial charge in [0, 0.05) is 0 Å². The smallest absolute Gasteiger partial charge is 0.0851 e. The van der Waals surface area contributed by atoms with Crippen LogP contribution >= 0.6 is 0 Å². The second-order valence-corrected chi connectivity index (χ2v) is 9.62. The zero-order valence-corrected chi connectivity index (χ0v) is 11.0. The van der Waals surface area contributed by atoms with Gasteiger partial charge in [-0.1, -0.05) is 66.8 Å². The van der Waals surface area contributed by atoms with Crippen molar-refractivity contribution >= 4 is 24.0 Å². The molecule has 1 heteroatoms. The van der Waals surface area contributed by atoms with Gasteiger partial charge in [-0.3, -0.25) is 0 Å². The van der Waals surface area contributed by atoms with Crippen molar-refractivity contribution in [2.75, 3.05) is 0 Å². The summed E-state index contributed by atoms with van der Waals surface area (Å²) in [4.78, 5) is 0. The largest absolute Gasteiger partial charge is 0.103 e. The van der Waals surface area contributed by atoms with E-state index in [1.807, 2.05) is 0 Å². The summed E-state index contributed by atoms with van der Waals surface area (Å²) in [6, 6.07) is 16.5. The molecule has 82 valence electrons. The van der Waals surface area contributed by atoms with Crippen LogP contribution in [0.1, 0.15) is 0 Å². The standard InChI is InChI=1S/C15H18Si/c1-4-12-16(2,3)15-11-7-9-13-8-5-6-10-14(13)15/h4-11H,1,12H2,2-3H3. The molecule has 0 aliphatic carbocycles. The minimum atomic E-state index is -1.36. The van der Waals surface area contributed by atoms with Crippen LogP contribution < -0.4 is 5.19 Å². The summed E-state index contributed by atoms with van der Waals surface area (Å²) in [5.41, 5.74) is 0. The molecule has 0 aliphatic rings. The van der Waals surface area contributed by atoms with E-state index in [-0.39, 0.29) is 0 Å². The van der Waals surface area contributed by atoms with Crippen molar-refractivity contribution in [1.29, 1.82) is 0 Å². The van der Waals surface area contributed by atoms with Gasteiger partial charge in [-0.25, -0.2) is 0 Å². The maximum atomic E-state index is 3.89. The van der Waals surface area contributed by atoms with E-state index in [0.717, 1.165) is 6.04 Å². The molecule has 16 heavy (non-hydrogen) atoms. The van der Waals surface area contributed by atoms with E-state index < -0.39 is 8.07 Å². The molecule has 0 nitrogen and oxygen atoms in total.